The van der Waals surface area contributed by atoms with Gasteiger partial charge in [0, 0.05) is 17.6 Å². The highest BCUT2D eigenvalue weighted by Gasteiger charge is 2.26. The molecule has 2 aromatic rings. The molecule has 2 aromatic carbocycles. The number of sulfonamides is 1. The lowest BCUT2D eigenvalue weighted by Gasteiger charge is -2.22. The molecule has 0 heterocycles. The molecule has 26 heavy (non-hydrogen) atoms. The first-order chi connectivity index (χ1) is 12.4. The van der Waals surface area contributed by atoms with E-state index < -0.39 is 10.0 Å². The Morgan fingerprint density at radius 1 is 1.08 bits per heavy atom. The normalized spacial score (nSPS) is 11.5. The minimum Gasteiger partial charge on any atom is -0.355 e. The number of benzene rings is 2. The molecule has 1 N–H and O–H groups in total. The number of rotatable bonds is 9. The van der Waals surface area contributed by atoms with E-state index in [-0.39, 0.29) is 23.9 Å². The van der Waals surface area contributed by atoms with Crippen LogP contribution in [0.1, 0.15) is 18.9 Å². The summed E-state index contributed by atoms with van der Waals surface area (Å²) in [6.07, 6.45) is 1.34. The molecule has 0 aliphatic rings. The van der Waals surface area contributed by atoms with Crippen LogP contribution in [0.15, 0.2) is 64.0 Å². The standard InChI is InChI=1S/C19H23BrN2O3S/c1-2-13-21-19(23)15-22(14-12-16-6-4-3-5-7-16)26(24,25)18-10-8-17(20)9-11-18/h3-11H,2,12-15H2,1H3,(H,21,23). The van der Waals surface area contributed by atoms with Crippen molar-refractivity contribution in [3.8, 4) is 0 Å². The summed E-state index contributed by atoms with van der Waals surface area (Å²) in [6, 6.07) is 16.1. The Labute approximate surface area is 163 Å². The molecular formula is C19H23BrN2O3S. The number of carbonyl (C=O) groups excluding carboxylic acids is 1. The summed E-state index contributed by atoms with van der Waals surface area (Å²) in [4.78, 5) is 12.3. The molecule has 0 spiro atoms. The number of hydrogen-bond acceptors (Lipinski definition) is 3. The molecule has 0 radical (unpaired) electrons. The average molecular weight is 439 g/mol. The van der Waals surface area contributed by atoms with E-state index in [2.05, 4.69) is 21.2 Å². The van der Waals surface area contributed by atoms with Crippen LogP contribution in [-0.2, 0) is 21.2 Å². The highest BCUT2D eigenvalue weighted by molar-refractivity contribution is 9.10. The Hall–Kier alpha value is -1.70. The van der Waals surface area contributed by atoms with E-state index in [0.717, 1.165) is 16.5 Å². The highest BCUT2D eigenvalue weighted by atomic mass is 79.9. The van der Waals surface area contributed by atoms with Crippen LogP contribution in [0.3, 0.4) is 0 Å². The summed E-state index contributed by atoms with van der Waals surface area (Å²) in [5.74, 6) is -0.291. The SMILES string of the molecule is CCCNC(=O)CN(CCc1ccccc1)S(=O)(=O)c1ccc(Br)cc1. The Balaban J connectivity index is 2.20. The zero-order chi connectivity index (χ0) is 19.0. The van der Waals surface area contributed by atoms with Crippen LogP contribution in [0.4, 0.5) is 0 Å². The van der Waals surface area contributed by atoms with Crippen LogP contribution < -0.4 is 5.32 Å². The van der Waals surface area contributed by atoms with Crippen molar-refractivity contribution in [3.63, 3.8) is 0 Å². The number of nitrogens with zero attached hydrogens (tertiary/aromatic N) is 1. The highest BCUT2D eigenvalue weighted by Crippen LogP contribution is 2.19. The Kier molecular flexibility index (Phi) is 7.81. The van der Waals surface area contributed by atoms with E-state index in [4.69, 9.17) is 0 Å². The second-order valence-corrected chi connectivity index (χ2v) is 8.73. The fraction of sp³-hybridized carbons (Fsp3) is 0.316. The van der Waals surface area contributed by atoms with E-state index in [1.807, 2.05) is 37.3 Å². The lowest BCUT2D eigenvalue weighted by Crippen LogP contribution is -2.41. The molecule has 0 bridgehead atoms. The van der Waals surface area contributed by atoms with Gasteiger partial charge in [0.25, 0.3) is 0 Å². The lowest BCUT2D eigenvalue weighted by atomic mass is 10.1. The number of carbonyl (C=O) groups is 1. The van der Waals surface area contributed by atoms with Gasteiger partial charge < -0.3 is 5.32 Å². The first-order valence-corrected chi connectivity index (χ1v) is 10.7. The van der Waals surface area contributed by atoms with Crippen molar-refractivity contribution in [2.45, 2.75) is 24.7 Å². The topological polar surface area (TPSA) is 66.5 Å². The molecule has 0 saturated carbocycles. The number of nitrogens with one attached hydrogen (secondary N) is 1. The van der Waals surface area contributed by atoms with Crippen molar-refractivity contribution < 1.29 is 13.2 Å². The summed E-state index contributed by atoms with van der Waals surface area (Å²) in [5.41, 5.74) is 1.03. The molecule has 5 nitrogen and oxygen atoms in total. The molecule has 140 valence electrons. The molecule has 0 aliphatic heterocycles. The minimum absolute atomic E-state index is 0.178. The van der Waals surface area contributed by atoms with Crippen LogP contribution in [-0.4, -0.2) is 38.3 Å². The predicted octanol–water partition coefficient (Wildman–Crippen LogP) is 3.21. The van der Waals surface area contributed by atoms with Crippen molar-refractivity contribution >= 4 is 31.9 Å². The number of halogens is 1. The molecule has 0 unspecified atom stereocenters. The van der Waals surface area contributed by atoms with Crippen LogP contribution in [0, 0.1) is 0 Å². The van der Waals surface area contributed by atoms with Crippen molar-refractivity contribution in [1.29, 1.82) is 0 Å². The van der Waals surface area contributed by atoms with Gasteiger partial charge in [0.15, 0.2) is 0 Å². The number of hydrogen-bond donors (Lipinski definition) is 1. The van der Waals surface area contributed by atoms with Gasteiger partial charge in [-0.05, 0) is 42.7 Å². The van der Waals surface area contributed by atoms with Crippen molar-refractivity contribution in [3.05, 3.63) is 64.6 Å². The van der Waals surface area contributed by atoms with Gasteiger partial charge in [0.1, 0.15) is 0 Å². The minimum atomic E-state index is -3.76. The molecular weight excluding hydrogens is 416 g/mol. The molecule has 0 atom stereocenters. The molecule has 0 aromatic heterocycles. The molecule has 1 amide bonds. The van der Waals surface area contributed by atoms with Gasteiger partial charge in [-0.25, -0.2) is 8.42 Å². The Bertz CT molecular complexity index is 808. The summed E-state index contributed by atoms with van der Waals surface area (Å²) in [6.45, 7) is 2.53. The monoisotopic (exact) mass is 438 g/mol. The average Bonchev–Trinajstić information content (AvgIpc) is 2.64. The Morgan fingerprint density at radius 2 is 1.73 bits per heavy atom. The molecule has 0 saturated heterocycles. The molecule has 7 heteroatoms. The van der Waals surface area contributed by atoms with Gasteiger partial charge in [-0.2, -0.15) is 4.31 Å². The second kappa shape index (κ2) is 9.85. The lowest BCUT2D eigenvalue weighted by molar-refractivity contribution is -0.121. The van der Waals surface area contributed by atoms with E-state index in [1.54, 1.807) is 24.3 Å². The van der Waals surface area contributed by atoms with Crippen LogP contribution in [0.5, 0.6) is 0 Å². The van der Waals surface area contributed by atoms with E-state index in [9.17, 15) is 13.2 Å². The second-order valence-electron chi connectivity index (χ2n) is 5.88. The number of amides is 1. The maximum atomic E-state index is 13.0. The van der Waals surface area contributed by atoms with Crippen molar-refractivity contribution in [2.75, 3.05) is 19.6 Å². The summed E-state index contributed by atoms with van der Waals surface area (Å²) < 4.78 is 28.1. The van der Waals surface area contributed by atoms with Gasteiger partial charge in [-0.1, -0.05) is 53.2 Å². The van der Waals surface area contributed by atoms with Gasteiger partial charge in [-0.3, -0.25) is 4.79 Å². The third-order valence-electron chi connectivity index (χ3n) is 3.84. The van der Waals surface area contributed by atoms with Crippen LogP contribution in [0.25, 0.3) is 0 Å². The van der Waals surface area contributed by atoms with Gasteiger partial charge >= 0.3 is 0 Å². The van der Waals surface area contributed by atoms with Crippen molar-refractivity contribution in [2.24, 2.45) is 0 Å². The summed E-state index contributed by atoms with van der Waals surface area (Å²) >= 11 is 3.31. The summed E-state index contributed by atoms with van der Waals surface area (Å²) in [7, 11) is -3.76. The first kappa shape index (κ1) is 20.6. The zero-order valence-corrected chi connectivity index (χ0v) is 17.1. The third kappa shape index (κ3) is 5.93. The third-order valence-corrected chi connectivity index (χ3v) is 6.22. The van der Waals surface area contributed by atoms with E-state index >= 15 is 0 Å². The van der Waals surface area contributed by atoms with Gasteiger partial charge in [-0.15, -0.1) is 0 Å². The Morgan fingerprint density at radius 3 is 2.35 bits per heavy atom. The summed E-state index contributed by atoms with van der Waals surface area (Å²) in [5, 5.41) is 2.74. The fourth-order valence-electron chi connectivity index (χ4n) is 2.42. The molecule has 0 fully saturated rings. The van der Waals surface area contributed by atoms with Crippen LogP contribution in [0.2, 0.25) is 0 Å². The van der Waals surface area contributed by atoms with Crippen LogP contribution >= 0.6 is 15.9 Å². The molecule has 2 rings (SSSR count). The van der Waals surface area contributed by atoms with Gasteiger partial charge in [0.2, 0.25) is 15.9 Å². The van der Waals surface area contributed by atoms with Crippen molar-refractivity contribution in [1.82, 2.24) is 9.62 Å². The van der Waals surface area contributed by atoms with E-state index in [0.29, 0.717) is 13.0 Å². The maximum absolute atomic E-state index is 13.0. The fourth-order valence-corrected chi connectivity index (χ4v) is 4.08. The smallest absolute Gasteiger partial charge is 0.243 e. The largest absolute Gasteiger partial charge is 0.355 e. The van der Waals surface area contributed by atoms with Gasteiger partial charge in [0.05, 0.1) is 11.4 Å². The predicted molar refractivity (Wildman–Crippen MR) is 106 cm³/mol. The zero-order valence-electron chi connectivity index (χ0n) is 14.7. The first-order valence-electron chi connectivity index (χ1n) is 8.50. The molecule has 0 aliphatic carbocycles. The van der Waals surface area contributed by atoms with E-state index in [1.165, 1.54) is 4.31 Å². The quantitative estimate of drug-likeness (QED) is 0.653. The maximum Gasteiger partial charge on any atom is 0.243 e.